The van der Waals surface area contributed by atoms with Crippen LogP contribution in [-0.4, -0.2) is 43.3 Å². The summed E-state index contributed by atoms with van der Waals surface area (Å²) in [7, 11) is -3.06. The highest BCUT2D eigenvalue weighted by Gasteiger charge is 2.33. The van der Waals surface area contributed by atoms with Crippen molar-refractivity contribution < 1.29 is 17.6 Å². The molecule has 1 N–H and O–H groups in total. The largest absolute Gasteiger partial charge is 0.468 e. The minimum atomic E-state index is -3.06. The molecule has 1 aliphatic rings. The van der Waals surface area contributed by atoms with E-state index in [0.29, 0.717) is 24.4 Å². The zero-order chi connectivity index (χ0) is 23.4. The van der Waals surface area contributed by atoms with Crippen molar-refractivity contribution in [3.05, 3.63) is 77.7 Å². The fraction of sp³-hybridized carbons (Fsp3) is 0.320. The molecular weight excluding hydrogens is 456 g/mol. The maximum atomic E-state index is 12.8. The molecule has 0 aliphatic carbocycles. The van der Waals surface area contributed by atoms with Crippen molar-refractivity contribution in [2.45, 2.75) is 42.6 Å². The van der Waals surface area contributed by atoms with E-state index in [1.165, 1.54) is 16.0 Å². The highest BCUT2D eigenvalue weighted by Crippen LogP contribution is 2.31. The minimum Gasteiger partial charge on any atom is -0.468 e. The van der Waals surface area contributed by atoms with Crippen LogP contribution in [0.1, 0.15) is 23.3 Å². The van der Waals surface area contributed by atoms with E-state index in [2.05, 4.69) is 37.4 Å². The van der Waals surface area contributed by atoms with Gasteiger partial charge in [-0.3, -0.25) is 9.69 Å². The van der Waals surface area contributed by atoms with E-state index < -0.39 is 9.84 Å². The predicted molar refractivity (Wildman–Crippen MR) is 131 cm³/mol. The second-order valence-electron chi connectivity index (χ2n) is 8.48. The zero-order valence-electron chi connectivity index (χ0n) is 18.8. The molecule has 0 bridgehead atoms. The quantitative estimate of drug-likeness (QED) is 0.500. The summed E-state index contributed by atoms with van der Waals surface area (Å²) < 4.78 is 29.4. The van der Waals surface area contributed by atoms with Gasteiger partial charge in [0.05, 0.1) is 30.9 Å². The molecule has 1 atom stereocenters. The number of hydrogen-bond acceptors (Lipinski definition) is 6. The number of benzene rings is 2. The number of carbonyl (C=O) groups is 1. The van der Waals surface area contributed by atoms with Crippen LogP contribution >= 0.6 is 11.8 Å². The van der Waals surface area contributed by atoms with Crippen LogP contribution < -0.4 is 5.32 Å². The fourth-order valence-corrected chi connectivity index (χ4v) is 6.66. The van der Waals surface area contributed by atoms with Crippen molar-refractivity contribution in [3.63, 3.8) is 0 Å². The standard InChI is InChI=1S/C25H28N2O4S2/c1-18-5-10-24(19(2)14-18)32-23-8-6-20(7-9-23)26-25(28)16-27(15-22-4-3-12-31-22)21-11-13-33(29,30)17-21/h3-10,12,14,21H,11,13,15-17H2,1-2H3,(H,26,28)/t21-/m1/s1. The molecule has 2 aromatic carbocycles. The van der Waals surface area contributed by atoms with Crippen molar-refractivity contribution in [1.29, 1.82) is 0 Å². The van der Waals surface area contributed by atoms with Crippen LogP contribution in [0.2, 0.25) is 0 Å². The second kappa shape index (κ2) is 10.2. The Bertz CT molecular complexity index is 1210. The molecule has 3 aromatic rings. The number of amides is 1. The first-order chi connectivity index (χ1) is 15.8. The Hall–Kier alpha value is -2.55. The van der Waals surface area contributed by atoms with E-state index in [1.807, 2.05) is 35.2 Å². The SMILES string of the molecule is Cc1ccc(Sc2ccc(NC(=O)CN(Cc3ccco3)[C@@H]3CCS(=O)(=O)C3)cc2)c(C)c1. The topological polar surface area (TPSA) is 79.6 Å². The second-order valence-corrected chi connectivity index (χ2v) is 11.8. The molecule has 4 rings (SSSR count). The molecule has 1 aromatic heterocycles. The summed E-state index contributed by atoms with van der Waals surface area (Å²) in [5.41, 5.74) is 3.19. The molecule has 1 amide bonds. The number of aryl methyl sites for hydroxylation is 2. The number of nitrogens with zero attached hydrogens (tertiary/aromatic N) is 1. The third kappa shape index (κ3) is 6.50. The van der Waals surface area contributed by atoms with Gasteiger partial charge < -0.3 is 9.73 Å². The van der Waals surface area contributed by atoms with Gasteiger partial charge in [-0.2, -0.15) is 0 Å². The lowest BCUT2D eigenvalue weighted by atomic mass is 10.2. The van der Waals surface area contributed by atoms with Crippen molar-refractivity contribution >= 4 is 33.2 Å². The highest BCUT2D eigenvalue weighted by atomic mass is 32.2. The summed E-state index contributed by atoms with van der Waals surface area (Å²) in [5, 5.41) is 2.94. The Labute approximate surface area is 199 Å². The average molecular weight is 485 g/mol. The molecule has 2 heterocycles. The first-order valence-electron chi connectivity index (χ1n) is 10.9. The molecule has 1 fully saturated rings. The number of furan rings is 1. The van der Waals surface area contributed by atoms with Crippen LogP contribution in [0.5, 0.6) is 0 Å². The number of sulfone groups is 1. The molecule has 0 radical (unpaired) electrons. The summed E-state index contributed by atoms with van der Waals surface area (Å²) in [6, 6.07) is 17.6. The molecule has 174 valence electrons. The highest BCUT2D eigenvalue weighted by molar-refractivity contribution is 7.99. The van der Waals surface area contributed by atoms with Gasteiger partial charge >= 0.3 is 0 Å². The Kier molecular flexibility index (Phi) is 7.26. The van der Waals surface area contributed by atoms with Crippen molar-refractivity contribution in [1.82, 2.24) is 4.90 Å². The van der Waals surface area contributed by atoms with Gasteiger partial charge in [0.2, 0.25) is 5.91 Å². The average Bonchev–Trinajstić information content (AvgIpc) is 3.40. The number of nitrogens with one attached hydrogen (secondary N) is 1. The summed E-state index contributed by atoms with van der Waals surface area (Å²) in [4.78, 5) is 17.0. The Morgan fingerprint density at radius 1 is 1.15 bits per heavy atom. The zero-order valence-corrected chi connectivity index (χ0v) is 20.4. The summed E-state index contributed by atoms with van der Waals surface area (Å²) in [6.07, 6.45) is 2.11. The van der Waals surface area contributed by atoms with E-state index >= 15 is 0 Å². The summed E-state index contributed by atoms with van der Waals surface area (Å²) in [6.45, 7) is 4.68. The van der Waals surface area contributed by atoms with Crippen LogP contribution in [-0.2, 0) is 21.2 Å². The monoisotopic (exact) mass is 484 g/mol. The molecule has 8 heteroatoms. The lowest BCUT2D eigenvalue weighted by Crippen LogP contribution is -2.41. The van der Waals surface area contributed by atoms with Crippen LogP contribution in [0.3, 0.4) is 0 Å². The van der Waals surface area contributed by atoms with Gasteiger partial charge in [0, 0.05) is 21.5 Å². The normalized spacial score (nSPS) is 17.4. The van der Waals surface area contributed by atoms with Crippen molar-refractivity contribution in [2.75, 3.05) is 23.4 Å². The summed E-state index contributed by atoms with van der Waals surface area (Å²) >= 11 is 1.69. The van der Waals surface area contributed by atoms with Gasteiger partial charge in [-0.05, 0) is 68.3 Å². The van der Waals surface area contributed by atoms with E-state index in [9.17, 15) is 13.2 Å². The van der Waals surface area contributed by atoms with Crippen molar-refractivity contribution in [2.24, 2.45) is 0 Å². The number of hydrogen-bond donors (Lipinski definition) is 1. The van der Waals surface area contributed by atoms with Crippen LogP contribution in [0.25, 0.3) is 0 Å². The Morgan fingerprint density at radius 3 is 2.58 bits per heavy atom. The minimum absolute atomic E-state index is 0.0747. The lowest BCUT2D eigenvalue weighted by molar-refractivity contribution is -0.118. The lowest BCUT2D eigenvalue weighted by Gasteiger charge is -2.26. The molecule has 6 nitrogen and oxygen atoms in total. The van der Waals surface area contributed by atoms with Crippen molar-refractivity contribution in [3.8, 4) is 0 Å². The van der Waals surface area contributed by atoms with Gasteiger partial charge in [-0.1, -0.05) is 29.5 Å². The number of anilines is 1. The maximum Gasteiger partial charge on any atom is 0.238 e. The van der Waals surface area contributed by atoms with Gasteiger partial charge in [-0.25, -0.2) is 8.42 Å². The predicted octanol–water partition coefficient (Wildman–Crippen LogP) is 4.68. The first kappa shape index (κ1) is 23.6. The molecule has 1 aliphatic heterocycles. The molecule has 0 spiro atoms. The fourth-order valence-electron chi connectivity index (χ4n) is 4.01. The molecule has 1 saturated heterocycles. The Balaban J connectivity index is 1.38. The molecule has 0 saturated carbocycles. The molecule has 33 heavy (non-hydrogen) atoms. The molecule has 0 unspecified atom stereocenters. The Morgan fingerprint density at radius 2 is 1.94 bits per heavy atom. The van der Waals surface area contributed by atoms with E-state index in [0.717, 1.165) is 4.90 Å². The molecular formula is C25H28N2O4S2. The van der Waals surface area contributed by atoms with E-state index in [4.69, 9.17) is 4.42 Å². The van der Waals surface area contributed by atoms with Gasteiger partial charge in [0.25, 0.3) is 0 Å². The van der Waals surface area contributed by atoms with Crippen LogP contribution in [0.4, 0.5) is 5.69 Å². The van der Waals surface area contributed by atoms with Crippen LogP contribution in [0, 0.1) is 13.8 Å². The van der Waals surface area contributed by atoms with Crippen LogP contribution in [0.15, 0.2) is 75.1 Å². The van der Waals surface area contributed by atoms with Gasteiger partial charge in [0.15, 0.2) is 9.84 Å². The first-order valence-corrected chi connectivity index (χ1v) is 13.5. The smallest absolute Gasteiger partial charge is 0.238 e. The van der Waals surface area contributed by atoms with E-state index in [1.54, 1.807) is 24.1 Å². The third-order valence-electron chi connectivity index (χ3n) is 5.71. The van der Waals surface area contributed by atoms with Gasteiger partial charge in [-0.15, -0.1) is 0 Å². The third-order valence-corrected chi connectivity index (χ3v) is 8.64. The number of carbonyl (C=O) groups excluding carboxylic acids is 1. The van der Waals surface area contributed by atoms with Gasteiger partial charge in [0.1, 0.15) is 5.76 Å². The van der Waals surface area contributed by atoms with E-state index in [-0.39, 0.29) is 30.0 Å². The maximum absolute atomic E-state index is 12.8. The number of rotatable bonds is 8. The summed E-state index contributed by atoms with van der Waals surface area (Å²) in [5.74, 6) is 0.763.